The second-order valence-corrected chi connectivity index (χ2v) is 3.20. The summed E-state index contributed by atoms with van der Waals surface area (Å²) in [5.41, 5.74) is 0. The molecule has 1 fully saturated rings. The first-order chi connectivity index (χ1) is 6.34. The first kappa shape index (κ1) is 10.3. The van der Waals surface area contributed by atoms with Gasteiger partial charge >= 0.3 is 6.09 Å². The Bertz CT molecular complexity index is 154. The summed E-state index contributed by atoms with van der Waals surface area (Å²) in [6.07, 6.45) is 1.74. The molecule has 0 atom stereocenters. The Balaban J connectivity index is 2.26. The number of nitrogens with zero attached hydrogens (tertiary/aromatic N) is 1. The van der Waals surface area contributed by atoms with Crippen molar-refractivity contribution in [2.75, 3.05) is 32.8 Å². The molecular weight excluding hydrogens is 168 g/mol. The van der Waals surface area contributed by atoms with Gasteiger partial charge in [0.15, 0.2) is 0 Å². The molecule has 0 spiro atoms. The van der Waals surface area contributed by atoms with Crippen LogP contribution in [0.3, 0.4) is 0 Å². The molecule has 1 heterocycles. The van der Waals surface area contributed by atoms with Crippen LogP contribution in [-0.4, -0.2) is 43.8 Å². The van der Waals surface area contributed by atoms with Gasteiger partial charge in [0.05, 0.1) is 6.61 Å². The molecule has 1 aliphatic heterocycles. The van der Waals surface area contributed by atoms with Crippen LogP contribution in [0.15, 0.2) is 0 Å². The number of carbonyl (C=O) groups excluding carboxylic acids is 1. The summed E-state index contributed by atoms with van der Waals surface area (Å²) in [6.45, 7) is 5.98. The van der Waals surface area contributed by atoms with E-state index >= 15 is 0 Å². The zero-order valence-electron chi connectivity index (χ0n) is 8.21. The standard InChI is InChI=1S/C9H18N2O2/c1-2-8-13-9(12)11-6-3-4-10-5-7-11/h10H,2-8H2,1H3. The number of amides is 1. The van der Waals surface area contributed by atoms with Crippen LogP contribution in [0.4, 0.5) is 4.79 Å². The van der Waals surface area contributed by atoms with Gasteiger partial charge in [0.25, 0.3) is 0 Å². The molecule has 0 bridgehead atoms. The third kappa shape index (κ3) is 3.63. The SMILES string of the molecule is CCCOC(=O)N1CCCNCC1. The molecule has 1 N–H and O–H groups in total. The number of hydrogen-bond donors (Lipinski definition) is 1. The quantitative estimate of drug-likeness (QED) is 0.694. The fourth-order valence-corrected chi connectivity index (χ4v) is 1.31. The normalized spacial score (nSPS) is 18.1. The maximum Gasteiger partial charge on any atom is 0.409 e. The van der Waals surface area contributed by atoms with E-state index < -0.39 is 0 Å². The van der Waals surface area contributed by atoms with Gasteiger partial charge in [-0.2, -0.15) is 0 Å². The molecule has 13 heavy (non-hydrogen) atoms. The summed E-state index contributed by atoms with van der Waals surface area (Å²) in [5.74, 6) is 0. The summed E-state index contributed by atoms with van der Waals surface area (Å²) in [7, 11) is 0. The van der Waals surface area contributed by atoms with Gasteiger partial charge < -0.3 is 15.0 Å². The van der Waals surface area contributed by atoms with Crippen molar-refractivity contribution < 1.29 is 9.53 Å². The van der Waals surface area contributed by atoms with E-state index in [9.17, 15) is 4.79 Å². The van der Waals surface area contributed by atoms with Gasteiger partial charge in [-0.3, -0.25) is 0 Å². The van der Waals surface area contributed by atoms with E-state index in [2.05, 4.69) is 5.32 Å². The van der Waals surface area contributed by atoms with Crippen LogP contribution in [0.2, 0.25) is 0 Å². The minimum atomic E-state index is -0.162. The number of ether oxygens (including phenoxy) is 1. The van der Waals surface area contributed by atoms with Crippen LogP contribution >= 0.6 is 0 Å². The zero-order chi connectivity index (χ0) is 9.52. The van der Waals surface area contributed by atoms with Crippen LogP contribution < -0.4 is 5.32 Å². The molecule has 0 saturated carbocycles. The second kappa shape index (κ2) is 5.80. The first-order valence-corrected chi connectivity index (χ1v) is 4.97. The molecule has 4 heteroatoms. The van der Waals surface area contributed by atoms with Crippen LogP contribution in [0, 0.1) is 0 Å². The molecule has 0 aromatic heterocycles. The summed E-state index contributed by atoms with van der Waals surface area (Å²) in [5, 5.41) is 3.24. The molecule has 0 aromatic carbocycles. The van der Waals surface area contributed by atoms with Gasteiger partial charge in [0, 0.05) is 19.6 Å². The van der Waals surface area contributed by atoms with Crippen molar-refractivity contribution in [1.82, 2.24) is 10.2 Å². The Hall–Kier alpha value is -0.770. The predicted molar refractivity (Wildman–Crippen MR) is 50.7 cm³/mol. The lowest BCUT2D eigenvalue weighted by Gasteiger charge is -2.18. The Morgan fingerprint density at radius 2 is 2.31 bits per heavy atom. The smallest absolute Gasteiger partial charge is 0.409 e. The fraction of sp³-hybridized carbons (Fsp3) is 0.889. The van der Waals surface area contributed by atoms with E-state index in [1.165, 1.54) is 0 Å². The highest BCUT2D eigenvalue weighted by Gasteiger charge is 2.15. The summed E-state index contributed by atoms with van der Waals surface area (Å²) in [4.78, 5) is 13.2. The number of carbonyl (C=O) groups is 1. The lowest BCUT2D eigenvalue weighted by molar-refractivity contribution is 0.105. The molecule has 1 amide bonds. The van der Waals surface area contributed by atoms with E-state index in [1.54, 1.807) is 4.90 Å². The maximum atomic E-state index is 11.4. The second-order valence-electron chi connectivity index (χ2n) is 3.20. The van der Waals surface area contributed by atoms with Crippen molar-refractivity contribution in [3.63, 3.8) is 0 Å². The number of rotatable bonds is 2. The number of hydrogen-bond acceptors (Lipinski definition) is 3. The van der Waals surface area contributed by atoms with Crippen LogP contribution in [0.25, 0.3) is 0 Å². The van der Waals surface area contributed by atoms with Crippen LogP contribution in [0.5, 0.6) is 0 Å². The number of nitrogens with one attached hydrogen (secondary N) is 1. The molecule has 0 aromatic rings. The van der Waals surface area contributed by atoms with E-state index in [0.717, 1.165) is 39.0 Å². The van der Waals surface area contributed by atoms with Gasteiger partial charge in [-0.05, 0) is 19.4 Å². The molecule has 1 rings (SSSR count). The molecule has 4 nitrogen and oxygen atoms in total. The van der Waals surface area contributed by atoms with Crippen molar-refractivity contribution in [2.24, 2.45) is 0 Å². The Labute approximate surface area is 79.2 Å². The third-order valence-electron chi connectivity index (χ3n) is 2.03. The highest BCUT2D eigenvalue weighted by atomic mass is 16.6. The highest BCUT2D eigenvalue weighted by Crippen LogP contribution is 1.99. The third-order valence-corrected chi connectivity index (χ3v) is 2.03. The molecule has 0 unspecified atom stereocenters. The molecule has 0 aliphatic carbocycles. The molecule has 1 saturated heterocycles. The Kier molecular flexibility index (Phi) is 4.60. The average molecular weight is 186 g/mol. The predicted octanol–water partition coefficient (Wildman–Crippen LogP) is 0.828. The minimum Gasteiger partial charge on any atom is -0.449 e. The molecular formula is C9H18N2O2. The van der Waals surface area contributed by atoms with E-state index in [-0.39, 0.29) is 6.09 Å². The Morgan fingerprint density at radius 1 is 1.46 bits per heavy atom. The first-order valence-electron chi connectivity index (χ1n) is 4.97. The Morgan fingerprint density at radius 3 is 3.08 bits per heavy atom. The topological polar surface area (TPSA) is 41.6 Å². The zero-order valence-corrected chi connectivity index (χ0v) is 8.21. The van der Waals surface area contributed by atoms with Gasteiger partial charge in [-0.25, -0.2) is 4.79 Å². The lowest BCUT2D eigenvalue weighted by atomic mass is 10.4. The van der Waals surface area contributed by atoms with Gasteiger partial charge in [-0.15, -0.1) is 0 Å². The van der Waals surface area contributed by atoms with Crippen molar-refractivity contribution in [1.29, 1.82) is 0 Å². The van der Waals surface area contributed by atoms with Crippen molar-refractivity contribution in [2.45, 2.75) is 19.8 Å². The highest BCUT2D eigenvalue weighted by molar-refractivity contribution is 5.67. The van der Waals surface area contributed by atoms with Gasteiger partial charge in [0.2, 0.25) is 0 Å². The molecule has 0 radical (unpaired) electrons. The largest absolute Gasteiger partial charge is 0.449 e. The lowest BCUT2D eigenvalue weighted by Crippen LogP contribution is -2.34. The van der Waals surface area contributed by atoms with E-state index in [4.69, 9.17) is 4.74 Å². The maximum absolute atomic E-state index is 11.4. The van der Waals surface area contributed by atoms with Crippen molar-refractivity contribution >= 4 is 6.09 Å². The molecule has 76 valence electrons. The van der Waals surface area contributed by atoms with Crippen molar-refractivity contribution in [3.05, 3.63) is 0 Å². The fourth-order valence-electron chi connectivity index (χ4n) is 1.31. The van der Waals surface area contributed by atoms with E-state index in [1.807, 2.05) is 6.92 Å². The monoisotopic (exact) mass is 186 g/mol. The molecule has 1 aliphatic rings. The van der Waals surface area contributed by atoms with Gasteiger partial charge in [-0.1, -0.05) is 6.92 Å². The van der Waals surface area contributed by atoms with Crippen LogP contribution in [-0.2, 0) is 4.74 Å². The van der Waals surface area contributed by atoms with Gasteiger partial charge in [0.1, 0.15) is 0 Å². The van der Waals surface area contributed by atoms with Crippen LogP contribution in [0.1, 0.15) is 19.8 Å². The minimum absolute atomic E-state index is 0.162. The van der Waals surface area contributed by atoms with E-state index in [0.29, 0.717) is 6.61 Å². The van der Waals surface area contributed by atoms with Crippen molar-refractivity contribution in [3.8, 4) is 0 Å². The average Bonchev–Trinajstić information content (AvgIpc) is 2.42. The summed E-state index contributed by atoms with van der Waals surface area (Å²) in [6, 6.07) is 0. The summed E-state index contributed by atoms with van der Waals surface area (Å²) >= 11 is 0. The summed E-state index contributed by atoms with van der Waals surface area (Å²) < 4.78 is 5.05.